The fourth-order valence-electron chi connectivity index (χ4n) is 12.7. The molecule has 107 heavy (non-hydrogen) atoms. The quantitative estimate of drug-likeness (QED) is 0.0422. The van der Waals surface area contributed by atoms with E-state index in [9.17, 15) is 43.2 Å². The van der Waals surface area contributed by atoms with E-state index in [2.05, 4.69) is 63.5 Å². The van der Waals surface area contributed by atoms with Crippen LogP contribution in [-0.2, 0) is 59.2 Å². The van der Waals surface area contributed by atoms with Crippen LogP contribution in [0.4, 0.5) is 0 Å². The second-order valence-corrected chi connectivity index (χ2v) is 31.5. The number of carbonyl (C=O) groups is 11. The van der Waals surface area contributed by atoms with Gasteiger partial charge in [0.15, 0.2) is 0 Å². The number of fused-ring (bicyclic) bond motifs is 1. The Labute approximate surface area is 637 Å². The van der Waals surface area contributed by atoms with Crippen molar-refractivity contribution in [3.05, 3.63) is 36.0 Å². The van der Waals surface area contributed by atoms with Crippen molar-refractivity contribution in [3.63, 3.8) is 0 Å². The third-order valence-corrected chi connectivity index (χ3v) is 18.5. The molecule has 11 amide bonds. The first-order chi connectivity index (χ1) is 50.7. The van der Waals surface area contributed by atoms with Gasteiger partial charge in [0, 0.05) is 36.1 Å². The molecule has 1 aromatic heterocycles. The average Bonchev–Trinajstić information content (AvgIpc) is 1.68. The highest BCUT2D eigenvalue weighted by atomic mass is 16.2. The van der Waals surface area contributed by atoms with Crippen molar-refractivity contribution in [1.82, 2.24) is 63.5 Å². The van der Waals surface area contributed by atoms with Gasteiger partial charge in [-0.15, -0.1) is 0 Å². The van der Waals surface area contributed by atoms with Crippen molar-refractivity contribution in [2.75, 3.05) is 39.3 Å². The zero-order valence-electron chi connectivity index (χ0n) is 66.6. The molecule has 0 spiro atoms. The first kappa shape index (κ1) is 95.7. The number of carbonyl (C=O) groups excluding carboxylic acids is 11. The molecule has 0 aliphatic rings. The molecule has 0 unspecified atom stereocenters. The predicted octanol–water partition coefficient (Wildman–Crippen LogP) is 2.25. The summed E-state index contributed by atoms with van der Waals surface area (Å²) in [5.74, 6) is -7.94. The minimum Gasteiger partial charge on any atom is -0.368 e. The molecule has 12 atom stereocenters. The summed E-state index contributed by atoms with van der Waals surface area (Å²) in [6, 6.07) is -5.48. The van der Waals surface area contributed by atoms with Crippen LogP contribution in [-0.4, -0.2) is 182 Å². The number of H-pyrrole nitrogens is 1. The van der Waals surface area contributed by atoms with Gasteiger partial charge in [0.1, 0.15) is 60.4 Å². The summed E-state index contributed by atoms with van der Waals surface area (Å²) >= 11 is 0. The highest BCUT2D eigenvalue weighted by Crippen LogP contribution is 2.22. The van der Waals surface area contributed by atoms with E-state index in [1.807, 2.05) is 107 Å². The molecule has 0 saturated heterocycles. The van der Waals surface area contributed by atoms with Crippen molar-refractivity contribution in [2.45, 2.75) is 297 Å². The average molecular weight is 1510 g/mol. The topological polar surface area (TPSA) is 518 Å². The van der Waals surface area contributed by atoms with Gasteiger partial charge < -0.3 is 104 Å². The molecule has 0 radical (unpaired) electrons. The zero-order chi connectivity index (χ0) is 80.3. The molecular weight excluding hydrogens is 1370 g/mol. The Kier molecular flexibility index (Phi) is 47.1. The van der Waals surface area contributed by atoms with Crippen molar-refractivity contribution in [2.24, 2.45) is 75.6 Å². The van der Waals surface area contributed by atoms with E-state index in [1.165, 1.54) is 0 Å². The first-order valence-electron chi connectivity index (χ1n) is 39.6. The van der Waals surface area contributed by atoms with Crippen LogP contribution in [0.1, 0.15) is 223 Å². The molecule has 0 saturated carbocycles. The maximum absolute atomic E-state index is 15.2. The number of rotatable bonds is 58. The standard InChI is InChI=1S/C77H141N19O11/c1-46(2)37-60(86-45-53(83)25-15-20-32-78)71(101)93-62(39-48(5)6)73(103)89-57(29-17-22-34-80)68(98)88-58(30-18-23-35-81)69(99)92-65(42-51(11)12)76(106)96-66(43-52-44-85-55-27-14-13-26-54(52)55)77(107)95-63(40-49(7)8)74(104)90-59(31-19-24-36-82)70(100)91-64(41-50(9)10)75(105)94-61(38-47(3)4)72(102)87-56(67(84)97)28-16-21-33-79/h13-14,26-27,44,46-51,53,56-66,85-86H,15-25,28-43,45,78-83H2,1-12H3,(H2,84,97)(H,87,102)(H,88,98)(H,89,103)(H,90,104)(H,91,100)(H,92,99)(H,93,101)(H,94,105)(H,95,107)(H,96,106)/t53-,56-,57-,58-,59-,60-,61-,62-,63-,64-,65-,66-/m0/s1. The molecule has 2 rings (SSSR count). The fourth-order valence-corrected chi connectivity index (χ4v) is 12.7. The lowest BCUT2D eigenvalue weighted by Gasteiger charge is -2.29. The summed E-state index contributed by atoms with van der Waals surface area (Å²) in [6.45, 7) is 24.9. The van der Waals surface area contributed by atoms with Crippen molar-refractivity contribution < 1.29 is 52.7 Å². The van der Waals surface area contributed by atoms with Gasteiger partial charge in [-0.25, -0.2) is 0 Å². The minimum atomic E-state index is -1.39. The van der Waals surface area contributed by atoms with Crippen LogP contribution in [0.5, 0.6) is 0 Å². The molecule has 0 bridgehead atoms. The van der Waals surface area contributed by atoms with Gasteiger partial charge in [-0.2, -0.15) is 0 Å². The maximum Gasteiger partial charge on any atom is 0.243 e. The van der Waals surface area contributed by atoms with Gasteiger partial charge >= 0.3 is 0 Å². The molecule has 610 valence electrons. The van der Waals surface area contributed by atoms with Gasteiger partial charge in [-0.05, 0) is 208 Å². The van der Waals surface area contributed by atoms with Crippen LogP contribution < -0.4 is 98.6 Å². The van der Waals surface area contributed by atoms with Crippen LogP contribution in [0, 0.1) is 35.5 Å². The predicted molar refractivity (Wildman–Crippen MR) is 422 cm³/mol. The zero-order valence-corrected chi connectivity index (χ0v) is 66.6. The number of aromatic amines is 1. The summed E-state index contributed by atoms with van der Waals surface area (Å²) in [5.41, 5.74) is 42.6. The van der Waals surface area contributed by atoms with E-state index in [0.29, 0.717) is 89.5 Å². The number of benzene rings is 1. The van der Waals surface area contributed by atoms with Gasteiger partial charge in [0.05, 0.1) is 6.04 Å². The number of nitrogens with one attached hydrogen (secondary N) is 12. The van der Waals surface area contributed by atoms with Crippen molar-refractivity contribution in [3.8, 4) is 0 Å². The van der Waals surface area contributed by atoms with Crippen LogP contribution in [0.25, 0.3) is 10.9 Å². The van der Waals surface area contributed by atoms with Crippen LogP contribution in [0.2, 0.25) is 0 Å². The van der Waals surface area contributed by atoms with Gasteiger partial charge in [0.25, 0.3) is 0 Å². The van der Waals surface area contributed by atoms with E-state index in [-0.39, 0.29) is 125 Å². The molecule has 0 aliphatic heterocycles. The molecule has 30 nitrogen and oxygen atoms in total. The summed E-state index contributed by atoms with van der Waals surface area (Å²) in [5, 5.41) is 32.7. The highest BCUT2D eigenvalue weighted by molar-refractivity contribution is 5.99. The number of amides is 11. The normalized spacial score (nSPS) is 15.1. The number of unbranched alkanes of at least 4 members (excludes halogenated alkanes) is 5. The van der Waals surface area contributed by atoms with E-state index < -0.39 is 126 Å². The summed E-state index contributed by atoms with van der Waals surface area (Å²) < 4.78 is 0. The lowest BCUT2D eigenvalue weighted by atomic mass is 9.98. The minimum absolute atomic E-state index is 0.0541. The lowest BCUT2D eigenvalue weighted by molar-refractivity contribution is -0.136. The number of hydrogen-bond donors (Lipinski definition) is 19. The fraction of sp³-hybridized carbons (Fsp3) is 0.753. The Bertz CT molecular complexity index is 3000. The van der Waals surface area contributed by atoms with Gasteiger partial charge in [-0.1, -0.05) is 108 Å². The smallest absolute Gasteiger partial charge is 0.243 e. The summed E-state index contributed by atoms with van der Waals surface area (Å²) in [7, 11) is 0. The number of nitrogens with two attached hydrogens (primary N) is 7. The second kappa shape index (κ2) is 52.7. The number of para-hydroxylation sites is 1. The van der Waals surface area contributed by atoms with Gasteiger partial charge in [-0.3, -0.25) is 52.7 Å². The Hall–Kier alpha value is -7.35. The Balaban J connectivity index is 2.64. The number of primary amides is 1. The molecule has 1 heterocycles. The van der Waals surface area contributed by atoms with Crippen molar-refractivity contribution in [1.29, 1.82) is 0 Å². The van der Waals surface area contributed by atoms with Crippen molar-refractivity contribution >= 4 is 75.9 Å². The van der Waals surface area contributed by atoms with E-state index in [1.54, 1.807) is 6.20 Å². The molecule has 0 fully saturated rings. The van der Waals surface area contributed by atoms with Crippen LogP contribution in [0.3, 0.4) is 0 Å². The Morgan fingerprint density at radius 2 is 0.579 bits per heavy atom. The first-order valence-corrected chi connectivity index (χ1v) is 39.6. The maximum atomic E-state index is 15.2. The summed E-state index contributed by atoms with van der Waals surface area (Å²) in [4.78, 5) is 162. The second-order valence-electron chi connectivity index (χ2n) is 31.5. The van der Waals surface area contributed by atoms with E-state index in [4.69, 9.17) is 40.1 Å². The van der Waals surface area contributed by atoms with Crippen LogP contribution in [0.15, 0.2) is 30.5 Å². The molecule has 26 N–H and O–H groups in total. The van der Waals surface area contributed by atoms with Gasteiger partial charge in [0.2, 0.25) is 65.0 Å². The van der Waals surface area contributed by atoms with E-state index in [0.717, 1.165) is 30.2 Å². The molecular formula is C77H141N19O11. The van der Waals surface area contributed by atoms with Crippen LogP contribution >= 0.6 is 0 Å². The number of aromatic nitrogens is 1. The Morgan fingerprint density at radius 1 is 0.327 bits per heavy atom. The highest BCUT2D eigenvalue weighted by Gasteiger charge is 2.38. The molecule has 1 aromatic carbocycles. The molecule has 30 heteroatoms. The van der Waals surface area contributed by atoms with E-state index >= 15 is 9.59 Å². The lowest BCUT2D eigenvalue weighted by Crippen LogP contribution is -2.61. The Morgan fingerprint density at radius 3 is 0.897 bits per heavy atom. The third kappa shape index (κ3) is 38.5. The monoisotopic (exact) mass is 1510 g/mol. The SMILES string of the molecule is CC(C)C[C@H](NC[C@@H](N)CCCCN)C(=O)N[C@@H](CC(C)C)C(=O)N[C@@H](CCCCN)C(=O)N[C@@H](CCCCN)C(=O)N[C@@H](CC(C)C)C(=O)N[C@@H](Cc1c[nH]c2ccccc12)C(=O)N[C@@H](CC(C)C)C(=O)N[C@@H](CCCCN)C(=O)N[C@@H](CC(C)C)C(=O)N[C@@H](CC(C)C)C(=O)N[C@@H](CCCCN)C(N)=O. The largest absolute Gasteiger partial charge is 0.368 e. The number of hydrogen-bond acceptors (Lipinski definition) is 18. The summed E-state index contributed by atoms with van der Waals surface area (Å²) in [6.07, 6.45) is 9.59. The molecule has 2 aromatic rings. The molecule has 0 aliphatic carbocycles. The third-order valence-electron chi connectivity index (χ3n) is 18.5.